The van der Waals surface area contributed by atoms with Gasteiger partial charge in [0.05, 0.1) is 6.10 Å². The van der Waals surface area contributed by atoms with Gasteiger partial charge < -0.3 is 5.11 Å². The standard InChI is InChI=1S/C7H13FO/c1-7(8)4-2-3-6(9)5-7/h6,9H,2-5H2,1H3. The van der Waals surface area contributed by atoms with E-state index in [0.717, 1.165) is 12.8 Å². The number of aliphatic hydroxyl groups is 1. The third-order valence-corrected chi connectivity index (χ3v) is 1.90. The van der Waals surface area contributed by atoms with Crippen LogP contribution in [0.3, 0.4) is 0 Å². The lowest BCUT2D eigenvalue weighted by molar-refractivity contribution is 0.0298. The van der Waals surface area contributed by atoms with Gasteiger partial charge in [-0.05, 0) is 26.2 Å². The summed E-state index contributed by atoms with van der Waals surface area (Å²) in [6.07, 6.45) is 2.15. The quantitative estimate of drug-likeness (QED) is 0.531. The van der Waals surface area contributed by atoms with Gasteiger partial charge >= 0.3 is 0 Å². The lowest BCUT2D eigenvalue weighted by Crippen LogP contribution is -2.30. The first-order valence-corrected chi connectivity index (χ1v) is 3.47. The number of hydrogen-bond acceptors (Lipinski definition) is 1. The van der Waals surface area contributed by atoms with Crippen LogP contribution in [0.4, 0.5) is 4.39 Å². The van der Waals surface area contributed by atoms with E-state index < -0.39 is 11.8 Å². The summed E-state index contributed by atoms with van der Waals surface area (Å²) in [5.74, 6) is 0. The van der Waals surface area contributed by atoms with Crippen molar-refractivity contribution in [3.05, 3.63) is 0 Å². The zero-order chi connectivity index (χ0) is 6.91. The molecule has 1 fully saturated rings. The zero-order valence-electron chi connectivity index (χ0n) is 5.73. The van der Waals surface area contributed by atoms with Crippen molar-refractivity contribution in [1.29, 1.82) is 0 Å². The molecule has 0 spiro atoms. The molecule has 54 valence electrons. The fourth-order valence-corrected chi connectivity index (χ4v) is 1.40. The second-order valence-corrected chi connectivity index (χ2v) is 3.16. The molecular weight excluding hydrogens is 119 g/mol. The summed E-state index contributed by atoms with van der Waals surface area (Å²) in [5, 5.41) is 9.00. The van der Waals surface area contributed by atoms with Crippen molar-refractivity contribution in [1.82, 2.24) is 0 Å². The summed E-state index contributed by atoms with van der Waals surface area (Å²) in [4.78, 5) is 0. The Morgan fingerprint density at radius 2 is 2.33 bits per heavy atom. The van der Waals surface area contributed by atoms with Gasteiger partial charge in [0.2, 0.25) is 0 Å². The van der Waals surface area contributed by atoms with E-state index in [0.29, 0.717) is 12.8 Å². The molecule has 0 aromatic rings. The van der Waals surface area contributed by atoms with Gasteiger partial charge in [-0.15, -0.1) is 0 Å². The van der Waals surface area contributed by atoms with E-state index in [1.54, 1.807) is 6.92 Å². The maximum Gasteiger partial charge on any atom is 0.110 e. The van der Waals surface area contributed by atoms with Crippen LogP contribution in [0.15, 0.2) is 0 Å². The van der Waals surface area contributed by atoms with Crippen molar-refractivity contribution >= 4 is 0 Å². The molecule has 0 aromatic carbocycles. The van der Waals surface area contributed by atoms with E-state index in [1.807, 2.05) is 0 Å². The van der Waals surface area contributed by atoms with Crippen LogP contribution in [-0.2, 0) is 0 Å². The minimum Gasteiger partial charge on any atom is -0.393 e. The predicted molar refractivity (Wildman–Crippen MR) is 34.0 cm³/mol. The van der Waals surface area contributed by atoms with E-state index >= 15 is 0 Å². The highest BCUT2D eigenvalue weighted by Gasteiger charge is 2.30. The summed E-state index contributed by atoms with van der Waals surface area (Å²) < 4.78 is 13.0. The molecule has 2 heteroatoms. The Bertz CT molecular complexity index is 101. The molecule has 1 rings (SSSR count). The molecule has 9 heavy (non-hydrogen) atoms. The van der Waals surface area contributed by atoms with Crippen molar-refractivity contribution in [2.24, 2.45) is 0 Å². The number of rotatable bonds is 0. The fourth-order valence-electron chi connectivity index (χ4n) is 1.40. The molecule has 1 nitrogen and oxygen atoms in total. The first-order chi connectivity index (χ1) is 4.10. The van der Waals surface area contributed by atoms with E-state index in [1.165, 1.54) is 0 Å². The normalized spacial score (nSPS) is 45.0. The van der Waals surface area contributed by atoms with E-state index in [2.05, 4.69) is 0 Å². The largest absolute Gasteiger partial charge is 0.393 e. The summed E-state index contributed by atoms with van der Waals surface area (Å²) in [6, 6.07) is 0. The van der Waals surface area contributed by atoms with E-state index in [9.17, 15) is 4.39 Å². The molecule has 0 saturated heterocycles. The highest BCUT2D eigenvalue weighted by Crippen LogP contribution is 2.30. The van der Waals surface area contributed by atoms with Crippen molar-refractivity contribution in [2.45, 2.75) is 44.4 Å². The van der Waals surface area contributed by atoms with Crippen LogP contribution in [0.1, 0.15) is 32.6 Å². The van der Waals surface area contributed by atoms with Crippen LogP contribution in [0.5, 0.6) is 0 Å². The Balaban J connectivity index is 2.41. The van der Waals surface area contributed by atoms with Crippen molar-refractivity contribution in [3.8, 4) is 0 Å². The van der Waals surface area contributed by atoms with Gasteiger partial charge in [-0.3, -0.25) is 0 Å². The molecule has 1 aliphatic rings. The number of alkyl halides is 1. The van der Waals surface area contributed by atoms with Crippen molar-refractivity contribution < 1.29 is 9.50 Å². The molecule has 2 unspecified atom stereocenters. The van der Waals surface area contributed by atoms with E-state index in [-0.39, 0.29) is 0 Å². The van der Waals surface area contributed by atoms with Gasteiger partial charge in [0.1, 0.15) is 5.67 Å². The highest BCUT2D eigenvalue weighted by atomic mass is 19.1. The maximum absolute atomic E-state index is 13.0. The Kier molecular flexibility index (Phi) is 1.75. The minimum atomic E-state index is -1.10. The summed E-state index contributed by atoms with van der Waals surface area (Å²) in [7, 11) is 0. The molecule has 1 saturated carbocycles. The number of aliphatic hydroxyl groups excluding tert-OH is 1. The van der Waals surface area contributed by atoms with Gasteiger partial charge in [0.15, 0.2) is 0 Å². The Labute approximate surface area is 54.9 Å². The minimum absolute atomic E-state index is 0.326. The second kappa shape index (κ2) is 2.25. The average Bonchev–Trinajstić information content (AvgIpc) is 1.60. The fraction of sp³-hybridized carbons (Fsp3) is 1.00. The molecular formula is C7H13FO. The molecule has 0 aromatic heterocycles. The molecule has 0 amide bonds. The molecule has 1 aliphatic carbocycles. The first-order valence-electron chi connectivity index (χ1n) is 3.47. The first kappa shape index (κ1) is 7.00. The van der Waals surface area contributed by atoms with Gasteiger partial charge in [0.25, 0.3) is 0 Å². The van der Waals surface area contributed by atoms with Gasteiger partial charge in [-0.1, -0.05) is 0 Å². The van der Waals surface area contributed by atoms with Crippen LogP contribution in [0.25, 0.3) is 0 Å². The Hall–Kier alpha value is -0.110. The van der Waals surface area contributed by atoms with Crippen molar-refractivity contribution in [2.75, 3.05) is 0 Å². The van der Waals surface area contributed by atoms with Crippen LogP contribution < -0.4 is 0 Å². The van der Waals surface area contributed by atoms with Crippen LogP contribution in [0.2, 0.25) is 0 Å². The molecule has 0 heterocycles. The van der Waals surface area contributed by atoms with Gasteiger partial charge in [-0.2, -0.15) is 0 Å². The smallest absolute Gasteiger partial charge is 0.110 e. The lowest BCUT2D eigenvalue weighted by Gasteiger charge is -2.28. The van der Waals surface area contributed by atoms with Crippen LogP contribution in [0, 0.1) is 0 Å². The Morgan fingerprint density at radius 1 is 1.67 bits per heavy atom. The highest BCUT2D eigenvalue weighted by molar-refractivity contribution is 4.82. The molecule has 1 N–H and O–H groups in total. The van der Waals surface area contributed by atoms with Crippen LogP contribution in [-0.4, -0.2) is 16.9 Å². The number of hydrogen-bond donors (Lipinski definition) is 1. The molecule has 0 radical (unpaired) electrons. The lowest BCUT2D eigenvalue weighted by atomic mass is 9.86. The zero-order valence-corrected chi connectivity index (χ0v) is 5.73. The second-order valence-electron chi connectivity index (χ2n) is 3.16. The summed E-state index contributed by atoms with van der Waals surface area (Å²) in [5.41, 5.74) is -1.10. The summed E-state index contributed by atoms with van der Waals surface area (Å²) in [6.45, 7) is 1.56. The SMILES string of the molecule is CC1(F)CCCC(O)C1. The van der Waals surface area contributed by atoms with Gasteiger partial charge in [0, 0.05) is 6.42 Å². The monoisotopic (exact) mass is 132 g/mol. The third-order valence-electron chi connectivity index (χ3n) is 1.90. The van der Waals surface area contributed by atoms with Gasteiger partial charge in [-0.25, -0.2) is 4.39 Å². The third kappa shape index (κ3) is 1.94. The molecule has 2 atom stereocenters. The maximum atomic E-state index is 13.0. The number of halogens is 1. The topological polar surface area (TPSA) is 20.2 Å². The van der Waals surface area contributed by atoms with Crippen molar-refractivity contribution in [3.63, 3.8) is 0 Å². The molecule has 0 aliphatic heterocycles. The predicted octanol–water partition coefficient (Wildman–Crippen LogP) is 1.65. The van der Waals surface area contributed by atoms with E-state index in [4.69, 9.17) is 5.11 Å². The van der Waals surface area contributed by atoms with Crippen LogP contribution >= 0.6 is 0 Å². The molecule has 0 bridgehead atoms. The average molecular weight is 132 g/mol. The Morgan fingerprint density at radius 3 is 2.67 bits per heavy atom. The summed E-state index contributed by atoms with van der Waals surface area (Å²) >= 11 is 0.